The fourth-order valence-electron chi connectivity index (χ4n) is 3.57. The van der Waals surface area contributed by atoms with Gasteiger partial charge in [0.2, 0.25) is 0 Å². The van der Waals surface area contributed by atoms with Gasteiger partial charge in [0, 0.05) is 37.2 Å². The fourth-order valence-corrected chi connectivity index (χ4v) is 3.57. The summed E-state index contributed by atoms with van der Waals surface area (Å²) in [6.45, 7) is 0.351. The van der Waals surface area contributed by atoms with Crippen molar-refractivity contribution in [3.8, 4) is 17.0 Å². The van der Waals surface area contributed by atoms with Gasteiger partial charge in [0.15, 0.2) is 0 Å². The Morgan fingerprint density at radius 2 is 1.64 bits per heavy atom. The highest BCUT2D eigenvalue weighted by Gasteiger charge is 2.14. The van der Waals surface area contributed by atoms with E-state index in [9.17, 15) is 9.59 Å². The van der Waals surface area contributed by atoms with Crippen molar-refractivity contribution < 1.29 is 14.3 Å². The van der Waals surface area contributed by atoms with Crippen LogP contribution in [0.4, 0.5) is 0 Å². The molecule has 0 saturated carbocycles. The van der Waals surface area contributed by atoms with Gasteiger partial charge in [-0.2, -0.15) is 0 Å². The second kappa shape index (κ2) is 9.53. The van der Waals surface area contributed by atoms with E-state index in [1.165, 1.54) is 4.90 Å². The number of hydrogen-bond acceptors (Lipinski definition) is 4. The molecule has 4 aromatic rings. The van der Waals surface area contributed by atoms with Crippen molar-refractivity contribution in [2.75, 3.05) is 21.2 Å². The third-order valence-corrected chi connectivity index (χ3v) is 5.41. The molecule has 0 unspecified atom stereocenters. The SMILES string of the molecule is COc1ccc(-c2cc(C(=O)NCc3ccc(C(=O)N(C)C)cc3)c3ccccc3n2)cc1. The second-order valence-corrected chi connectivity index (χ2v) is 7.88. The van der Waals surface area contributed by atoms with Crippen LogP contribution in [0.5, 0.6) is 5.75 Å². The minimum Gasteiger partial charge on any atom is -0.497 e. The van der Waals surface area contributed by atoms with Crippen molar-refractivity contribution in [1.82, 2.24) is 15.2 Å². The molecule has 1 N–H and O–H groups in total. The van der Waals surface area contributed by atoms with Crippen LogP contribution in [0.3, 0.4) is 0 Å². The van der Waals surface area contributed by atoms with Crippen LogP contribution < -0.4 is 10.1 Å². The number of amides is 2. The van der Waals surface area contributed by atoms with Crippen molar-refractivity contribution >= 4 is 22.7 Å². The Morgan fingerprint density at radius 3 is 2.30 bits per heavy atom. The van der Waals surface area contributed by atoms with Crippen LogP contribution in [-0.2, 0) is 6.54 Å². The van der Waals surface area contributed by atoms with Gasteiger partial charge in [-0.15, -0.1) is 0 Å². The topological polar surface area (TPSA) is 71.5 Å². The van der Waals surface area contributed by atoms with E-state index in [1.54, 1.807) is 33.3 Å². The summed E-state index contributed by atoms with van der Waals surface area (Å²) in [6.07, 6.45) is 0. The zero-order valence-electron chi connectivity index (χ0n) is 18.8. The Balaban J connectivity index is 1.59. The van der Waals surface area contributed by atoms with E-state index >= 15 is 0 Å². The van der Waals surface area contributed by atoms with Crippen LogP contribution in [0.2, 0.25) is 0 Å². The standard InChI is InChI=1S/C27H25N3O3/c1-30(2)27(32)20-10-8-18(9-11-20)17-28-26(31)23-16-25(19-12-14-21(33-3)15-13-19)29-24-7-5-4-6-22(23)24/h4-16H,17H2,1-3H3,(H,28,31). The molecule has 4 rings (SSSR count). The van der Waals surface area contributed by atoms with Gasteiger partial charge in [-0.25, -0.2) is 4.98 Å². The number of pyridine rings is 1. The molecule has 0 bridgehead atoms. The smallest absolute Gasteiger partial charge is 0.253 e. The molecule has 0 radical (unpaired) electrons. The van der Waals surface area contributed by atoms with E-state index in [4.69, 9.17) is 9.72 Å². The van der Waals surface area contributed by atoms with E-state index in [1.807, 2.05) is 66.7 Å². The molecule has 1 aromatic heterocycles. The number of carbonyl (C=O) groups excluding carboxylic acids is 2. The molecule has 0 atom stereocenters. The third-order valence-electron chi connectivity index (χ3n) is 5.41. The van der Waals surface area contributed by atoms with Gasteiger partial charge >= 0.3 is 0 Å². The van der Waals surface area contributed by atoms with E-state index in [2.05, 4.69) is 5.32 Å². The normalized spacial score (nSPS) is 10.6. The molecular weight excluding hydrogens is 414 g/mol. The quantitative estimate of drug-likeness (QED) is 0.479. The molecule has 33 heavy (non-hydrogen) atoms. The van der Waals surface area contributed by atoms with Gasteiger partial charge in [-0.1, -0.05) is 30.3 Å². The molecule has 6 heteroatoms. The summed E-state index contributed by atoms with van der Waals surface area (Å²) >= 11 is 0. The van der Waals surface area contributed by atoms with Crippen molar-refractivity contribution in [2.45, 2.75) is 6.54 Å². The van der Waals surface area contributed by atoms with Gasteiger partial charge in [-0.05, 0) is 54.1 Å². The fraction of sp³-hybridized carbons (Fsp3) is 0.148. The lowest BCUT2D eigenvalue weighted by Crippen LogP contribution is -2.24. The number of carbonyl (C=O) groups is 2. The largest absolute Gasteiger partial charge is 0.497 e. The van der Waals surface area contributed by atoms with Crippen LogP contribution in [-0.4, -0.2) is 42.9 Å². The summed E-state index contributed by atoms with van der Waals surface area (Å²) in [5.41, 5.74) is 4.45. The zero-order valence-corrected chi connectivity index (χ0v) is 18.8. The number of fused-ring (bicyclic) bond motifs is 1. The maximum absolute atomic E-state index is 13.2. The minimum absolute atomic E-state index is 0.0556. The molecule has 0 aliphatic rings. The van der Waals surface area contributed by atoms with Crippen LogP contribution in [0.25, 0.3) is 22.2 Å². The number of para-hydroxylation sites is 1. The van der Waals surface area contributed by atoms with Gasteiger partial charge in [0.05, 0.1) is 23.9 Å². The number of ether oxygens (including phenoxy) is 1. The molecule has 0 saturated heterocycles. The average molecular weight is 440 g/mol. The Labute approximate surface area is 192 Å². The zero-order chi connectivity index (χ0) is 23.4. The Morgan fingerprint density at radius 1 is 0.939 bits per heavy atom. The lowest BCUT2D eigenvalue weighted by atomic mass is 10.0. The number of benzene rings is 3. The molecule has 1 heterocycles. The van der Waals surface area contributed by atoms with Gasteiger partial charge in [0.1, 0.15) is 5.75 Å². The summed E-state index contributed by atoms with van der Waals surface area (Å²) in [7, 11) is 5.06. The van der Waals surface area contributed by atoms with E-state index in [-0.39, 0.29) is 11.8 Å². The Kier molecular flexibility index (Phi) is 6.36. The molecule has 3 aromatic carbocycles. The van der Waals surface area contributed by atoms with Crippen molar-refractivity contribution in [3.63, 3.8) is 0 Å². The molecule has 2 amide bonds. The van der Waals surface area contributed by atoms with Gasteiger partial charge in [-0.3, -0.25) is 9.59 Å². The lowest BCUT2D eigenvalue weighted by molar-refractivity contribution is 0.0827. The predicted molar refractivity (Wildman–Crippen MR) is 129 cm³/mol. The first-order chi connectivity index (χ1) is 16.0. The minimum atomic E-state index is -0.184. The number of aromatic nitrogens is 1. The lowest BCUT2D eigenvalue weighted by Gasteiger charge is -2.12. The first-order valence-electron chi connectivity index (χ1n) is 10.6. The van der Waals surface area contributed by atoms with Gasteiger partial charge < -0.3 is 15.0 Å². The summed E-state index contributed by atoms with van der Waals surface area (Å²) in [5.74, 6) is 0.521. The first kappa shape index (κ1) is 22.0. The van der Waals surface area contributed by atoms with Crippen LogP contribution in [0.15, 0.2) is 78.9 Å². The van der Waals surface area contributed by atoms with Crippen LogP contribution >= 0.6 is 0 Å². The summed E-state index contributed by atoms with van der Waals surface area (Å²) in [4.78, 5) is 31.5. The van der Waals surface area contributed by atoms with Crippen molar-refractivity contribution in [3.05, 3.63) is 95.6 Å². The number of methoxy groups -OCH3 is 1. The summed E-state index contributed by atoms with van der Waals surface area (Å²) in [6, 6.07) is 24.3. The maximum Gasteiger partial charge on any atom is 0.253 e. The highest BCUT2D eigenvalue weighted by atomic mass is 16.5. The first-order valence-corrected chi connectivity index (χ1v) is 10.6. The third kappa shape index (κ3) is 4.85. The number of nitrogens with one attached hydrogen (secondary N) is 1. The molecule has 0 aliphatic carbocycles. The highest BCUT2D eigenvalue weighted by Crippen LogP contribution is 2.26. The molecular formula is C27H25N3O3. The summed E-state index contributed by atoms with van der Waals surface area (Å²) < 4.78 is 5.24. The van der Waals surface area contributed by atoms with Crippen molar-refractivity contribution in [1.29, 1.82) is 0 Å². The molecule has 0 spiro atoms. The van der Waals surface area contributed by atoms with Gasteiger partial charge in [0.25, 0.3) is 11.8 Å². The van der Waals surface area contributed by atoms with Crippen LogP contribution in [0, 0.1) is 0 Å². The maximum atomic E-state index is 13.2. The molecule has 0 aliphatic heterocycles. The molecule has 0 fully saturated rings. The number of rotatable bonds is 6. The van der Waals surface area contributed by atoms with E-state index in [0.717, 1.165) is 27.8 Å². The van der Waals surface area contributed by atoms with Crippen molar-refractivity contribution in [2.24, 2.45) is 0 Å². The summed E-state index contributed by atoms with van der Waals surface area (Å²) in [5, 5.41) is 3.78. The molecule has 166 valence electrons. The second-order valence-electron chi connectivity index (χ2n) is 7.88. The monoisotopic (exact) mass is 439 g/mol. The Hall–Kier alpha value is -4.19. The number of nitrogens with zero attached hydrogens (tertiary/aromatic N) is 2. The van der Waals surface area contributed by atoms with E-state index < -0.39 is 0 Å². The number of hydrogen-bond donors (Lipinski definition) is 1. The predicted octanol–water partition coefficient (Wildman–Crippen LogP) is 4.54. The average Bonchev–Trinajstić information content (AvgIpc) is 2.86. The van der Waals surface area contributed by atoms with E-state index in [0.29, 0.717) is 23.4 Å². The highest BCUT2D eigenvalue weighted by molar-refractivity contribution is 6.07. The van der Waals surface area contributed by atoms with Crippen LogP contribution in [0.1, 0.15) is 26.3 Å². The molecule has 6 nitrogen and oxygen atoms in total. The Bertz CT molecular complexity index is 1300.